The molecule has 0 bridgehead atoms. The Balaban J connectivity index is 2.34. The first-order valence-corrected chi connectivity index (χ1v) is 5.70. The van der Waals surface area contributed by atoms with Gasteiger partial charge in [-0.15, -0.1) is 0 Å². The second-order valence-corrected chi connectivity index (χ2v) is 6.52. The predicted molar refractivity (Wildman–Crippen MR) is 58.0 cm³/mol. The minimum absolute atomic E-state index is 0.137. The first-order valence-electron chi connectivity index (χ1n) is 5.70. The van der Waals surface area contributed by atoms with Crippen LogP contribution in [0.4, 0.5) is 0 Å². The van der Waals surface area contributed by atoms with Gasteiger partial charge in [-0.2, -0.15) is 5.26 Å². The van der Waals surface area contributed by atoms with E-state index in [-0.39, 0.29) is 10.8 Å². The molecule has 0 radical (unpaired) electrons. The molecule has 82 valence electrons. The number of fused-ring (bicyclic) bond motifs is 1. The zero-order valence-corrected chi connectivity index (χ0v) is 10.1. The van der Waals surface area contributed by atoms with Gasteiger partial charge >= 0.3 is 0 Å². The molecule has 2 fully saturated rings. The Morgan fingerprint density at radius 1 is 1.27 bits per heavy atom. The van der Waals surface area contributed by atoms with Crippen LogP contribution in [-0.4, -0.2) is 5.78 Å². The van der Waals surface area contributed by atoms with E-state index in [1.165, 1.54) is 0 Å². The first kappa shape index (κ1) is 10.7. The van der Waals surface area contributed by atoms with E-state index in [4.69, 9.17) is 0 Å². The highest BCUT2D eigenvalue weighted by Gasteiger charge is 2.67. The maximum atomic E-state index is 12.2. The zero-order chi connectivity index (χ0) is 11.5. The summed E-state index contributed by atoms with van der Waals surface area (Å²) in [6.07, 6.45) is 2.62. The van der Waals surface area contributed by atoms with Crippen LogP contribution >= 0.6 is 0 Å². The monoisotopic (exact) mass is 205 g/mol. The SMILES string of the molecule is CC1(C)CC(=O)[C@]2(C)[C@H](C1)C[C@]2(C)C#N. The minimum atomic E-state index is -0.411. The summed E-state index contributed by atoms with van der Waals surface area (Å²) in [6.45, 7) is 8.26. The summed E-state index contributed by atoms with van der Waals surface area (Å²) < 4.78 is 0. The molecule has 0 unspecified atom stereocenters. The van der Waals surface area contributed by atoms with Crippen molar-refractivity contribution in [1.82, 2.24) is 0 Å². The lowest BCUT2D eigenvalue weighted by Gasteiger charge is -2.62. The topological polar surface area (TPSA) is 40.9 Å². The summed E-state index contributed by atoms with van der Waals surface area (Å²) in [7, 11) is 0. The van der Waals surface area contributed by atoms with Gasteiger partial charge in [-0.05, 0) is 31.1 Å². The number of carbonyl (C=O) groups is 1. The molecule has 0 aliphatic heterocycles. The van der Waals surface area contributed by atoms with Crippen LogP contribution in [0.3, 0.4) is 0 Å². The van der Waals surface area contributed by atoms with E-state index in [1.54, 1.807) is 0 Å². The van der Waals surface area contributed by atoms with Gasteiger partial charge in [0, 0.05) is 11.8 Å². The Morgan fingerprint density at radius 2 is 1.87 bits per heavy atom. The fourth-order valence-electron chi connectivity index (χ4n) is 3.56. The standard InChI is InChI=1S/C13H19NO/c1-11(2)5-9-6-12(3,8-14)13(9,4)10(15)7-11/h9H,5-7H2,1-4H3/t9-,12-,13+/m1/s1. The molecule has 0 amide bonds. The van der Waals surface area contributed by atoms with E-state index < -0.39 is 5.41 Å². The smallest absolute Gasteiger partial charge is 0.141 e. The number of rotatable bonds is 0. The number of hydrogen-bond acceptors (Lipinski definition) is 2. The Labute approximate surface area is 91.7 Å². The molecule has 2 aliphatic rings. The van der Waals surface area contributed by atoms with Gasteiger partial charge in [0.05, 0.1) is 11.5 Å². The maximum absolute atomic E-state index is 12.2. The maximum Gasteiger partial charge on any atom is 0.141 e. The van der Waals surface area contributed by atoms with Gasteiger partial charge in [0.25, 0.3) is 0 Å². The van der Waals surface area contributed by atoms with Gasteiger partial charge in [-0.3, -0.25) is 4.79 Å². The van der Waals surface area contributed by atoms with Crippen LogP contribution in [0.1, 0.15) is 47.0 Å². The molecule has 0 spiro atoms. The number of nitrogens with zero attached hydrogens (tertiary/aromatic N) is 1. The fourth-order valence-corrected chi connectivity index (χ4v) is 3.56. The fraction of sp³-hybridized carbons (Fsp3) is 0.846. The third-order valence-electron chi connectivity index (χ3n) is 4.88. The first-order chi connectivity index (χ1) is 6.75. The molecule has 0 saturated heterocycles. The van der Waals surface area contributed by atoms with Crippen LogP contribution in [0.25, 0.3) is 0 Å². The Kier molecular flexibility index (Phi) is 1.88. The van der Waals surface area contributed by atoms with E-state index in [1.807, 2.05) is 13.8 Å². The normalized spacial score (nSPS) is 47.7. The summed E-state index contributed by atoms with van der Waals surface area (Å²) in [6, 6.07) is 2.35. The van der Waals surface area contributed by atoms with Crippen LogP contribution in [0.15, 0.2) is 0 Å². The average molecular weight is 205 g/mol. The van der Waals surface area contributed by atoms with Crippen molar-refractivity contribution >= 4 is 5.78 Å². The number of hydrogen-bond donors (Lipinski definition) is 0. The molecular formula is C13H19NO. The second kappa shape index (κ2) is 2.64. The van der Waals surface area contributed by atoms with Crippen LogP contribution in [0, 0.1) is 33.5 Å². The Morgan fingerprint density at radius 3 is 2.33 bits per heavy atom. The van der Waals surface area contributed by atoms with Crippen molar-refractivity contribution in [2.24, 2.45) is 22.2 Å². The van der Waals surface area contributed by atoms with Crippen molar-refractivity contribution in [3.05, 3.63) is 0 Å². The van der Waals surface area contributed by atoms with E-state index in [2.05, 4.69) is 19.9 Å². The third-order valence-corrected chi connectivity index (χ3v) is 4.88. The summed E-state index contributed by atoms with van der Waals surface area (Å²) in [5, 5.41) is 9.20. The van der Waals surface area contributed by atoms with Gasteiger partial charge in [0.1, 0.15) is 5.78 Å². The quantitative estimate of drug-likeness (QED) is 0.610. The Hall–Kier alpha value is -0.840. The van der Waals surface area contributed by atoms with E-state index in [0.717, 1.165) is 12.8 Å². The van der Waals surface area contributed by atoms with Crippen LogP contribution < -0.4 is 0 Å². The van der Waals surface area contributed by atoms with Crippen molar-refractivity contribution < 1.29 is 4.79 Å². The summed E-state index contributed by atoms with van der Waals surface area (Å²) in [5.41, 5.74) is -0.638. The van der Waals surface area contributed by atoms with Crippen molar-refractivity contribution in [2.45, 2.75) is 47.0 Å². The lowest BCUT2D eigenvalue weighted by atomic mass is 9.39. The zero-order valence-electron chi connectivity index (χ0n) is 10.1. The predicted octanol–water partition coefficient (Wildman–Crippen LogP) is 2.93. The highest BCUT2D eigenvalue weighted by atomic mass is 16.1. The molecule has 0 heterocycles. The number of ketones is 1. The van der Waals surface area contributed by atoms with Gasteiger partial charge in [0.15, 0.2) is 0 Å². The largest absolute Gasteiger partial charge is 0.299 e. The molecule has 2 nitrogen and oxygen atoms in total. The molecule has 2 aliphatic carbocycles. The van der Waals surface area contributed by atoms with Gasteiger partial charge in [-0.25, -0.2) is 0 Å². The van der Waals surface area contributed by atoms with E-state index in [0.29, 0.717) is 18.1 Å². The molecule has 0 aromatic heterocycles. The Bertz CT molecular complexity index is 365. The molecule has 2 rings (SSSR count). The number of Topliss-reactive ketones (excluding diaryl/α,β-unsaturated/α-hetero) is 1. The van der Waals surface area contributed by atoms with E-state index in [9.17, 15) is 10.1 Å². The highest BCUT2D eigenvalue weighted by molar-refractivity contribution is 5.89. The molecule has 0 aromatic rings. The van der Waals surface area contributed by atoms with Crippen LogP contribution in [0.5, 0.6) is 0 Å². The van der Waals surface area contributed by atoms with Gasteiger partial charge < -0.3 is 0 Å². The van der Waals surface area contributed by atoms with E-state index >= 15 is 0 Å². The summed E-state index contributed by atoms with van der Waals surface area (Å²) >= 11 is 0. The van der Waals surface area contributed by atoms with Crippen molar-refractivity contribution in [3.8, 4) is 6.07 Å². The number of nitriles is 1. The molecule has 0 aromatic carbocycles. The molecule has 0 N–H and O–H groups in total. The summed E-state index contributed by atoms with van der Waals surface area (Å²) in [4.78, 5) is 12.2. The minimum Gasteiger partial charge on any atom is -0.299 e. The lowest BCUT2D eigenvalue weighted by Crippen LogP contribution is -2.62. The lowest BCUT2D eigenvalue weighted by molar-refractivity contribution is -0.171. The highest BCUT2D eigenvalue weighted by Crippen LogP contribution is 2.66. The van der Waals surface area contributed by atoms with Crippen molar-refractivity contribution in [2.75, 3.05) is 0 Å². The second-order valence-electron chi connectivity index (χ2n) is 6.52. The molecule has 3 atom stereocenters. The molecule has 2 heteroatoms. The average Bonchev–Trinajstić information content (AvgIpc) is 2.12. The molecule has 15 heavy (non-hydrogen) atoms. The molecular weight excluding hydrogens is 186 g/mol. The number of carbonyl (C=O) groups excluding carboxylic acids is 1. The van der Waals surface area contributed by atoms with Crippen LogP contribution in [0.2, 0.25) is 0 Å². The van der Waals surface area contributed by atoms with Crippen molar-refractivity contribution in [1.29, 1.82) is 5.26 Å². The summed E-state index contributed by atoms with van der Waals surface area (Å²) in [5.74, 6) is 0.734. The third kappa shape index (κ3) is 1.13. The van der Waals surface area contributed by atoms with Gasteiger partial charge in [-0.1, -0.05) is 20.8 Å². The van der Waals surface area contributed by atoms with Crippen molar-refractivity contribution in [3.63, 3.8) is 0 Å². The van der Waals surface area contributed by atoms with Gasteiger partial charge in [0.2, 0.25) is 0 Å². The van der Waals surface area contributed by atoms with Crippen LogP contribution in [-0.2, 0) is 4.79 Å². The molecule has 2 saturated carbocycles.